The Morgan fingerprint density at radius 2 is 1.49 bits per heavy atom. The van der Waals surface area contributed by atoms with Crippen LogP contribution in [-0.2, 0) is 30.3 Å². The minimum Gasteiger partial charge on any atom is -0.444 e. The fourth-order valence-corrected chi connectivity index (χ4v) is 13.7. The van der Waals surface area contributed by atoms with Crippen LogP contribution in [0.1, 0.15) is 148 Å². The highest BCUT2D eigenvalue weighted by atomic mass is 19.1. The molecular weight excluding hydrogens is 1050 g/mol. The summed E-state index contributed by atoms with van der Waals surface area (Å²) in [5, 5.41) is 11.2. The van der Waals surface area contributed by atoms with E-state index in [-0.39, 0.29) is 77.9 Å². The standard InChI is InChI=1S/C63H80FN9O9/c1-61(2,3)82-60(80)73(47-19-20-47)39-53(74)72-26-10-15-46(38-72)44-13-9-14-45(37-44)55(75)65-54(43-11-5-4-6-12-43)58(78)70-29-27-68(28-30-70)40-63-24-22-62(23-25-63,41-81-63)59(79)71-33-31-69(32-34-71)57(77)50-35-42(18-21-51(50)64)36-52-48-16-7-8-17-49(48)56(76)67-66-52/h7-9,13-14,16-18,21,35,37,43,46-47,54H,4-6,10-12,15,19-20,22-34,36,38-41H2,1-3H3,(H,65,75)(H,67,76). The number of ether oxygens (including phenoxy) is 2. The lowest BCUT2D eigenvalue weighted by Gasteiger charge is -2.55. The van der Waals surface area contributed by atoms with Crippen molar-refractivity contribution in [3.63, 3.8) is 0 Å². The van der Waals surface area contributed by atoms with E-state index in [0.717, 1.165) is 76.2 Å². The van der Waals surface area contributed by atoms with Gasteiger partial charge < -0.3 is 34.4 Å². The number of likely N-dealkylation sites (tertiary alicyclic amines) is 1. The molecule has 8 aliphatic rings. The van der Waals surface area contributed by atoms with E-state index in [1.54, 1.807) is 40.1 Å². The predicted molar refractivity (Wildman–Crippen MR) is 305 cm³/mol. The third-order valence-corrected chi connectivity index (χ3v) is 18.7. The van der Waals surface area contributed by atoms with Gasteiger partial charge in [0.05, 0.1) is 34.3 Å². The molecule has 2 unspecified atom stereocenters. The minimum atomic E-state index is -0.657. The van der Waals surface area contributed by atoms with E-state index in [0.29, 0.717) is 112 Å². The van der Waals surface area contributed by atoms with Crippen LogP contribution in [0.4, 0.5) is 9.18 Å². The molecule has 8 fully saturated rings. The molecule has 438 valence electrons. The maximum absolute atomic E-state index is 15.3. The molecule has 3 aromatic carbocycles. The summed E-state index contributed by atoms with van der Waals surface area (Å²) in [5.74, 6) is -1.33. The first-order valence-corrected chi connectivity index (χ1v) is 30.1. The van der Waals surface area contributed by atoms with Crippen molar-refractivity contribution in [2.24, 2.45) is 11.3 Å². The Balaban J connectivity index is 0.649. The number of H-pyrrole nitrogens is 1. The molecule has 18 nitrogen and oxygen atoms in total. The summed E-state index contributed by atoms with van der Waals surface area (Å²) in [5.41, 5.74) is 0.777. The lowest BCUT2D eigenvalue weighted by molar-refractivity contribution is -0.203. The fourth-order valence-electron chi connectivity index (χ4n) is 13.7. The first-order chi connectivity index (χ1) is 39.4. The molecule has 2 N–H and O–H groups in total. The van der Waals surface area contributed by atoms with Crippen LogP contribution >= 0.6 is 0 Å². The van der Waals surface area contributed by atoms with Gasteiger partial charge in [0, 0.05) is 101 Å². The van der Waals surface area contributed by atoms with Gasteiger partial charge in [-0.1, -0.05) is 55.7 Å². The Morgan fingerprint density at radius 3 is 2.18 bits per heavy atom. The summed E-state index contributed by atoms with van der Waals surface area (Å²) in [6.07, 6.45) is 11.1. The molecule has 82 heavy (non-hydrogen) atoms. The first kappa shape index (κ1) is 57.1. The zero-order valence-corrected chi connectivity index (χ0v) is 47.9. The number of hydrogen-bond acceptors (Lipinski definition) is 11. The van der Waals surface area contributed by atoms with Crippen molar-refractivity contribution in [3.05, 3.63) is 111 Å². The number of nitrogens with one attached hydrogen (secondary N) is 2. The van der Waals surface area contributed by atoms with E-state index in [9.17, 15) is 33.6 Å². The number of fused-ring (bicyclic) bond motifs is 4. The molecule has 6 heterocycles. The molecule has 0 radical (unpaired) electrons. The van der Waals surface area contributed by atoms with Crippen LogP contribution in [0.3, 0.4) is 0 Å². The highest BCUT2D eigenvalue weighted by molar-refractivity contribution is 5.98. The molecule has 19 heteroatoms. The number of rotatable bonds is 14. The van der Waals surface area contributed by atoms with Crippen LogP contribution in [0.25, 0.3) is 10.8 Å². The van der Waals surface area contributed by atoms with Gasteiger partial charge in [0.1, 0.15) is 24.0 Å². The van der Waals surface area contributed by atoms with Gasteiger partial charge in [0.2, 0.25) is 17.7 Å². The average Bonchev–Trinajstić information content (AvgIpc) is 4.19. The van der Waals surface area contributed by atoms with Crippen molar-refractivity contribution in [2.75, 3.05) is 85.1 Å². The Labute approximate surface area is 479 Å². The van der Waals surface area contributed by atoms with Crippen LogP contribution in [-0.4, -0.2) is 184 Å². The molecular formula is C63H80FN9O9. The molecule has 2 atom stereocenters. The number of piperazine rings is 2. The SMILES string of the molecule is CC(C)(C)OC(=O)N(CC(=O)N1CCCC(c2cccc(C(=O)NC(C(=O)N3CCN(CC45CCC(C(=O)N6CCN(C(=O)c7cc(Cc8n[nH]c(=O)c9ccccc89)ccc7F)CC6)(CC4)CO5)CC3)C3CCCCC3)c2)C1)C1CC1. The van der Waals surface area contributed by atoms with Gasteiger partial charge in [-0.15, -0.1) is 0 Å². The normalized spacial score (nSPS) is 24.0. The molecule has 6 amide bonds. The van der Waals surface area contributed by atoms with E-state index >= 15 is 4.39 Å². The lowest BCUT2D eigenvalue weighted by Crippen LogP contribution is -2.64. The number of carbonyl (C=O) groups is 6. The molecule has 3 aliphatic carbocycles. The van der Waals surface area contributed by atoms with E-state index in [4.69, 9.17) is 9.47 Å². The van der Waals surface area contributed by atoms with Crippen molar-refractivity contribution in [1.82, 2.24) is 44.9 Å². The van der Waals surface area contributed by atoms with Gasteiger partial charge in [-0.25, -0.2) is 14.3 Å². The Kier molecular flexibility index (Phi) is 16.6. The van der Waals surface area contributed by atoms with Gasteiger partial charge in [-0.3, -0.25) is 38.6 Å². The van der Waals surface area contributed by atoms with Crippen molar-refractivity contribution < 1.29 is 42.6 Å². The number of piperidine rings is 1. The van der Waals surface area contributed by atoms with Crippen molar-refractivity contribution in [3.8, 4) is 0 Å². The van der Waals surface area contributed by atoms with Crippen LogP contribution < -0.4 is 10.9 Å². The summed E-state index contributed by atoms with van der Waals surface area (Å²) in [7, 11) is 0. The summed E-state index contributed by atoms with van der Waals surface area (Å²) < 4.78 is 27.6. The largest absolute Gasteiger partial charge is 0.444 e. The average molecular weight is 1130 g/mol. The summed E-state index contributed by atoms with van der Waals surface area (Å²) in [6.45, 7) is 11.3. The Bertz CT molecular complexity index is 3090. The van der Waals surface area contributed by atoms with Crippen molar-refractivity contribution >= 4 is 46.4 Å². The Hall–Kier alpha value is -6.73. The second-order valence-corrected chi connectivity index (χ2v) is 25.5. The topological polar surface area (TPSA) is 198 Å². The van der Waals surface area contributed by atoms with Gasteiger partial charge in [0.15, 0.2) is 0 Å². The number of benzene rings is 3. The van der Waals surface area contributed by atoms with Crippen LogP contribution in [0.15, 0.2) is 71.5 Å². The smallest absolute Gasteiger partial charge is 0.411 e. The first-order valence-electron chi connectivity index (χ1n) is 30.1. The monoisotopic (exact) mass is 1130 g/mol. The highest BCUT2D eigenvalue weighted by Gasteiger charge is 2.55. The summed E-state index contributed by atoms with van der Waals surface area (Å²) in [4.78, 5) is 107. The van der Waals surface area contributed by atoms with Crippen molar-refractivity contribution in [2.45, 2.75) is 140 Å². The molecule has 12 rings (SSSR count). The number of amides is 6. The zero-order valence-electron chi connectivity index (χ0n) is 47.9. The van der Waals surface area contributed by atoms with E-state index < -0.39 is 34.9 Å². The van der Waals surface area contributed by atoms with E-state index in [2.05, 4.69) is 20.4 Å². The van der Waals surface area contributed by atoms with E-state index in [1.165, 1.54) is 6.07 Å². The maximum atomic E-state index is 15.3. The van der Waals surface area contributed by atoms with Gasteiger partial charge in [-0.05, 0) is 132 Å². The number of aromatic amines is 1. The zero-order chi connectivity index (χ0) is 57.3. The second kappa shape index (κ2) is 23.9. The number of nitrogens with zero attached hydrogens (tertiary/aromatic N) is 7. The Morgan fingerprint density at radius 1 is 0.780 bits per heavy atom. The lowest BCUT2D eigenvalue weighted by atomic mass is 9.65. The molecule has 3 saturated carbocycles. The summed E-state index contributed by atoms with van der Waals surface area (Å²) >= 11 is 0. The van der Waals surface area contributed by atoms with Crippen LogP contribution in [0.2, 0.25) is 0 Å². The molecule has 5 aliphatic heterocycles. The van der Waals surface area contributed by atoms with Gasteiger partial charge in [0.25, 0.3) is 17.4 Å². The number of carbonyl (C=O) groups excluding carboxylic acids is 6. The van der Waals surface area contributed by atoms with Crippen molar-refractivity contribution in [1.29, 1.82) is 0 Å². The number of hydrogen-bond donors (Lipinski definition) is 2. The third kappa shape index (κ3) is 12.6. The van der Waals surface area contributed by atoms with Gasteiger partial charge >= 0.3 is 6.09 Å². The molecule has 1 aromatic heterocycles. The van der Waals surface area contributed by atoms with Crippen LogP contribution in [0.5, 0.6) is 0 Å². The quantitative estimate of drug-likeness (QED) is 0.133. The van der Waals surface area contributed by atoms with E-state index in [1.807, 2.05) is 65.8 Å². The highest BCUT2D eigenvalue weighted by Crippen LogP contribution is 2.50. The molecule has 2 bridgehead atoms. The van der Waals surface area contributed by atoms with Gasteiger partial charge in [-0.2, -0.15) is 5.10 Å². The molecule has 0 spiro atoms. The van der Waals surface area contributed by atoms with Crippen LogP contribution in [0, 0.1) is 17.2 Å². The fraction of sp³-hybridized carbons (Fsp3) is 0.587. The molecule has 5 saturated heterocycles. The summed E-state index contributed by atoms with van der Waals surface area (Å²) in [6, 6.07) is 18.6. The number of aromatic nitrogens is 2. The molecule has 4 aromatic rings. The number of halogens is 1. The third-order valence-electron chi connectivity index (χ3n) is 18.7. The maximum Gasteiger partial charge on any atom is 0.411 e. The predicted octanol–water partition coefficient (Wildman–Crippen LogP) is 6.90. The minimum absolute atomic E-state index is 0.0139. The second-order valence-electron chi connectivity index (χ2n) is 25.5.